The van der Waals surface area contributed by atoms with Crippen LogP contribution in [0.1, 0.15) is 32.1 Å². The highest BCUT2D eigenvalue weighted by Crippen LogP contribution is 2.50. The van der Waals surface area contributed by atoms with Gasteiger partial charge in [0.15, 0.2) is 6.23 Å². The van der Waals surface area contributed by atoms with Crippen molar-refractivity contribution in [3.8, 4) is 33.6 Å². The van der Waals surface area contributed by atoms with Crippen LogP contribution < -0.4 is 10.2 Å². The van der Waals surface area contributed by atoms with Crippen molar-refractivity contribution in [3.05, 3.63) is 145 Å². The molecule has 0 spiro atoms. The molecule has 1 saturated carbocycles. The molecule has 5 unspecified atom stereocenters. The maximum atomic E-state index is 6.85. The van der Waals surface area contributed by atoms with Gasteiger partial charge in [-0.1, -0.05) is 122 Å². The molecule has 1 N–H and O–H groups in total. The first kappa shape index (κ1) is 27.5. The van der Waals surface area contributed by atoms with Gasteiger partial charge in [-0.2, -0.15) is 0 Å². The average molecular weight is 602 g/mol. The van der Waals surface area contributed by atoms with Crippen LogP contribution in [-0.4, -0.2) is 23.3 Å². The highest BCUT2D eigenvalue weighted by molar-refractivity contribution is 5.77. The Kier molecular flexibility index (Phi) is 6.88. The number of hydrogen-bond donors (Lipinski definition) is 1. The van der Waals surface area contributed by atoms with E-state index in [9.17, 15) is 0 Å². The molecule has 9 rings (SSSR count). The molecule has 0 bridgehead atoms. The van der Waals surface area contributed by atoms with Crippen molar-refractivity contribution < 1.29 is 4.74 Å². The van der Waals surface area contributed by atoms with E-state index >= 15 is 0 Å². The maximum absolute atomic E-state index is 6.85. The number of ether oxygens (including phenoxy) is 1. The molecule has 3 heterocycles. The molecule has 0 amide bonds. The first-order valence-electron chi connectivity index (χ1n) is 17.0. The third kappa shape index (κ3) is 4.79. The molecule has 5 aliphatic rings. The molecular weight excluding hydrogens is 562 g/mol. The minimum absolute atomic E-state index is 0.114. The molecule has 5 atom stereocenters. The molecule has 4 heteroatoms. The van der Waals surface area contributed by atoms with Crippen molar-refractivity contribution in [1.29, 1.82) is 0 Å². The van der Waals surface area contributed by atoms with Crippen LogP contribution in [0.25, 0.3) is 33.6 Å². The number of anilines is 1. The van der Waals surface area contributed by atoms with Crippen molar-refractivity contribution in [3.63, 3.8) is 0 Å². The second-order valence-corrected chi connectivity index (χ2v) is 13.4. The Morgan fingerprint density at radius 1 is 0.652 bits per heavy atom. The summed E-state index contributed by atoms with van der Waals surface area (Å²) in [6.45, 7) is 0. The van der Waals surface area contributed by atoms with Gasteiger partial charge in [-0.15, -0.1) is 0 Å². The van der Waals surface area contributed by atoms with Gasteiger partial charge < -0.3 is 15.0 Å². The Balaban J connectivity index is 1.04. The van der Waals surface area contributed by atoms with E-state index in [2.05, 4.69) is 144 Å². The summed E-state index contributed by atoms with van der Waals surface area (Å²) in [6, 6.07) is 35.1. The lowest BCUT2D eigenvalue weighted by molar-refractivity contribution is 0.0387. The number of aromatic nitrogens is 1. The lowest BCUT2D eigenvalue weighted by Crippen LogP contribution is -2.37. The summed E-state index contributed by atoms with van der Waals surface area (Å²) in [5.41, 5.74) is 9.01. The van der Waals surface area contributed by atoms with Gasteiger partial charge >= 0.3 is 0 Å². The molecule has 1 saturated heterocycles. The minimum atomic E-state index is 0.114. The average Bonchev–Trinajstić information content (AvgIpc) is 3.72. The van der Waals surface area contributed by atoms with E-state index in [1.54, 1.807) is 0 Å². The van der Waals surface area contributed by atoms with Crippen LogP contribution in [-0.2, 0) is 4.74 Å². The van der Waals surface area contributed by atoms with E-state index in [4.69, 9.17) is 9.72 Å². The lowest BCUT2D eigenvalue weighted by atomic mass is 9.81. The van der Waals surface area contributed by atoms with Crippen LogP contribution in [0.15, 0.2) is 145 Å². The SMILES string of the molecule is C1=CC2C3C4=C(C=CC3N(c3ccc(-c5cc(-c6ccccc6)cc(-c6ccccc6)n5)cc3)C2C=C1)NC(C1CCCCC1)O4. The number of nitrogens with zero attached hydrogens (tertiary/aromatic N) is 2. The number of hydrogen-bond acceptors (Lipinski definition) is 4. The summed E-state index contributed by atoms with van der Waals surface area (Å²) in [4.78, 5) is 7.78. The molecule has 3 aromatic carbocycles. The zero-order chi connectivity index (χ0) is 30.5. The first-order chi connectivity index (χ1) is 22.8. The molecule has 4 nitrogen and oxygen atoms in total. The first-order valence-corrected chi connectivity index (χ1v) is 17.0. The second kappa shape index (κ2) is 11.5. The molecule has 228 valence electrons. The topological polar surface area (TPSA) is 37.4 Å². The van der Waals surface area contributed by atoms with Crippen molar-refractivity contribution in [2.45, 2.75) is 50.4 Å². The zero-order valence-corrected chi connectivity index (χ0v) is 26.0. The van der Waals surface area contributed by atoms with Gasteiger partial charge in [0.05, 0.1) is 35.1 Å². The van der Waals surface area contributed by atoms with Crippen LogP contribution in [0.5, 0.6) is 0 Å². The van der Waals surface area contributed by atoms with Crippen LogP contribution in [0.4, 0.5) is 5.69 Å². The quantitative estimate of drug-likeness (QED) is 0.247. The summed E-state index contributed by atoms with van der Waals surface area (Å²) in [5, 5.41) is 3.79. The minimum Gasteiger partial charge on any atom is -0.472 e. The smallest absolute Gasteiger partial charge is 0.172 e. The van der Waals surface area contributed by atoms with Gasteiger partial charge in [-0.05, 0) is 54.3 Å². The Morgan fingerprint density at radius 2 is 1.33 bits per heavy atom. The van der Waals surface area contributed by atoms with E-state index < -0.39 is 0 Å². The number of fused-ring (bicyclic) bond motifs is 4. The van der Waals surface area contributed by atoms with Crippen molar-refractivity contribution >= 4 is 5.69 Å². The fraction of sp³-hybridized carbons (Fsp3) is 0.262. The third-order valence-corrected chi connectivity index (χ3v) is 10.7. The zero-order valence-electron chi connectivity index (χ0n) is 26.0. The van der Waals surface area contributed by atoms with Gasteiger partial charge in [-0.3, -0.25) is 0 Å². The van der Waals surface area contributed by atoms with Gasteiger partial charge in [0.2, 0.25) is 0 Å². The fourth-order valence-corrected chi connectivity index (χ4v) is 8.43. The van der Waals surface area contributed by atoms with Crippen LogP contribution in [0, 0.1) is 17.8 Å². The molecule has 3 aliphatic carbocycles. The molecule has 2 aliphatic heterocycles. The highest BCUT2D eigenvalue weighted by atomic mass is 16.5. The van der Waals surface area contributed by atoms with Gasteiger partial charge in [-0.25, -0.2) is 4.98 Å². The van der Waals surface area contributed by atoms with E-state index in [0.717, 1.165) is 22.5 Å². The maximum Gasteiger partial charge on any atom is 0.172 e. The molecule has 4 aromatic rings. The molecule has 0 radical (unpaired) electrons. The molecule has 1 aromatic heterocycles. The van der Waals surface area contributed by atoms with Gasteiger partial charge in [0, 0.05) is 28.7 Å². The summed E-state index contributed by atoms with van der Waals surface area (Å²) in [5.74, 6) is 2.44. The van der Waals surface area contributed by atoms with Gasteiger partial charge in [0.1, 0.15) is 5.76 Å². The monoisotopic (exact) mass is 601 g/mol. The van der Waals surface area contributed by atoms with Crippen molar-refractivity contribution in [1.82, 2.24) is 10.3 Å². The fourth-order valence-electron chi connectivity index (χ4n) is 8.43. The Bertz CT molecular complexity index is 1790. The Hall–Kier alpha value is -4.83. The van der Waals surface area contributed by atoms with Crippen LogP contribution in [0.2, 0.25) is 0 Å². The summed E-state index contributed by atoms with van der Waals surface area (Å²) in [7, 11) is 0. The number of benzene rings is 3. The Morgan fingerprint density at radius 3 is 2.07 bits per heavy atom. The van der Waals surface area contributed by atoms with Gasteiger partial charge in [0.25, 0.3) is 0 Å². The van der Waals surface area contributed by atoms with Crippen molar-refractivity contribution in [2.24, 2.45) is 17.8 Å². The number of pyridine rings is 1. The molecule has 2 fully saturated rings. The van der Waals surface area contributed by atoms with Crippen LogP contribution >= 0.6 is 0 Å². The highest BCUT2D eigenvalue weighted by Gasteiger charge is 2.52. The van der Waals surface area contributed by atoms with E-state index in [1.165, 1.54) is 60.4 Å². The normalized spacial score (nSPS) is 26.3. The van der Waals surface area contributed by atoms with E-state index in [1.807, 2.05) is 0 Å². The lowest BCUT2D eigenvalue weighted by Gasteiger charge is -2.32. The summed E-state index contributed by atoms with van der Waals surface area (Å²) in [6.07, 6.45) is 20.6. The second-order valence-electron chi connectivity index (χ2n) is 13.4. The predicted molar refractivity (Wildman–Crippen MR) is 187 cm³/mol. The van der Waals surface area contributed by atoms with Crippen LogP contribution in [0.3, 0.4) is 0 Å². The number of allylic oxidation sites excluding steroid dienone is 3. The molecular formula is C42H39N3O. The summed E-state index contributed by atoms with van der Waals surface area (Å²) < 4.78 is 6.85. The molecule has 46 heavy (non-hydrogen) atoms. The van der Waals surface area contributed by atoms with Crippen molar-refractivity contribution in [2.75, 3.05) is 4.90 Å². The summed E-state index contributed by atoms with van der Waals surface area (Å²) >= 11 is 0. The standard InChI is InChI=1S/C42H39N3O/c1-4-12-28(13-5-1)32-26-36(29-14-6-2-7-15-29)43-37(27-32)30-20-22-33(23-21-30)45-38-19-11-10-18-34(38)40-39(45)25-24-35-41(40)46-42(44-35)31-16-8-3-9-17-31/h1-2,4-7,10-15,18-27,31,34,38-40,42,44H,3,8-9,16-17H2. The largest absolute Gasteiger partial charge is 0.472 e. The van der Waals surface area contributed by atoms with E-state index in [0.29, 0.717) is 17.8 Å². The number of nitrogens with one attached hydrogen (secondary N) is 1. The van der Waals surface area contributed by atoms with E-state index in [-0.39, 0.29) is 18.3 Å². The number of rotatable bonds is 5. The predicted octanol–water partition coefficient (Wildman–Crippen LogP) is 9.31. The Labute approximate surface area is 271 Å². The third-order valence-electron chi connectivity index (χ3n) is 10.7.